The number of anilines is 1. The second kappa shape index (κ2) is 3.96. The fourth-order valence-corrected chi connectivity index (χ4v) is 3.65. The van der Waals surface area contributed by atoms with Gasteiger partial charge in [0.1, 0.15) is 11.9 Å². The van der Waals surface area contributed by atoms with Crippen molar-refractivity contribution in [1.29, 1.82) is 0 Å². The van der Waals surface area contributed by atoms with Crippen molar-refractivity contribution in [3.63, 3.8) is 0 Å². The Morgan fingerprint density at radius 2 is 2.06 bits per heavy atom. The van der Waals surface area contributed by atoms with Crippen molar-refractivity contribution in [2.45, 2.75) is 6.04 Å². The van der Waals surface area contributed by atoms with Gasteiger partial charge in [-0.1, -0.05) is 0 Å². The molecule has 0 aromatic heterocycles. The number of thiocarbonyl (C=S) groups is 1. The Labute approximate surface area is 108 Å². The number of rotatable bonds is 1. The zero-order valence-corrected chi connectivity index (χ0v) is 10.4. The highest BCUT2D eigenvalue weighted by Crippen LogP contribution is 2.32. The average Bonchev–Trinajstić information content (AvgIpc) is 2.87. The summed E-state index contributed by atoms with van der Waals surface area (Å²) in [5, 5.41) is 0.525. The number of carbonyl (C=O) groups excluding carboxylic acids is 1. The van der Waals surface area contributed by atoms with Gasteiger partial charge in [0.05, 0.1) is 11.6 Å². The van der Waals surface area contributed by atoms with Crippen molar-refractivity contribution in [3.05, 3.63) is 30.1 Å². The molecule has 1 aromatic rings. The minimum Gasteiger partial charge on any atom is -0.326 e. The van der Waals surface area contributed by atoms with Gasteiger partial charge >= 0.3 is 0 Å². The van der Waals surface area contributed by atoms with E-state index in [1.54, 1.807) is 23.9 Å². The van der Waals surface area contributed by atoms with Crippen LogP contribution in [0.3, 0.4) is 0 Å². The second-order valence-electron chi connectivity index (χ2n) is 3.92. The Kier molecular flexibility index (Phi) is 2.56. The summed E-state index contributed by atoms with van der Waals surface area (Å²) in [6.45, 7) is 0. The van der Waals surface area contributed by atoms with Gasteiger partial charge in [0, 0.05) is 5.75 Å². The molecule has 2 aliphatic rings. The first kappa shape index (κ1) is 11.0. The predicted molar refractivity (Wildman–Crippen MR) is 69.4 cm³/mol. The van der Waals surface area contributed by atoms with Crippen LogP contribution in [0.4, 0.5) is 10.1 Å². The van der Waals surface area contributed by atoms with Gasteiger partial charge in [-0.05, 0) is 36.5 Å². The van der Waals surface area contributed by atoms with E-state index < -0.39 is 0 Å². The molecule has 1 atom stereocenters. The molecule has 2 saturated heterocycles. The topological polar surface area (TPSA) is 23.6 Å². The maximum atomic E-state index is 12.8. The van der Waals surface area contributed by atoms with Crippen LogP contribution in [0.5, 0.6) is 0 Å². The quantitative estimate of drug-likeness (QED) is 0.725. The summed E-state index contributed by atoms with van der Waals surface area (Å²) in [4.78, 5) is 15.6. The molecule has 2 fully saturated rings. The highest BCUT2D eigenvalue weighted by molar-refractivity contribution is 7.99. The summed E-state index contributed by atoms with van der Waals surface area (Å²) in [6, 6.07) is 5.69. The van der Waals surface area contributed by atoms with Gasteiger partial charge in [0.2, 0.25) is 0 Å². The summed E-state index contributed by atoms with van der Waals surface area (Å²) in [6.07, 6.45) is 0. The molecule has 0 saturated carbocycles. The van der Waals surface area contributed by atoms with Crippen molar-refractivity contribution in [1.82, 2.24) is 4.90 Å². The van der Waals surface area contributed by atoms with E-state index in [2.05, 4.69) is 0 Å². The normalized spacial score (nSPS) is 23.5. The molecular formula is C11H9FN2OS2. The molecule has 0 aliphatic carbocycles. The van der Waals surface area contributed by atoms with Crippen LogP contribution in [0.2, 0.25) is 0 Å². The zero-order chi connectivity index (χ0) is 12.0. The molecule has 0 spiro atoms. The lowest BCUT2D eigenvalue weighted by atomic mass is 10.2. The Morgan fingerprint density at radius 1 is 1.35 bits per heavy atom. The molecule has 6 heteroatoms. The molecule has 1 aromatic carbocycles. The van der Waals surface area contributed by atoms with Gasteiger partial charge in [-0.3, -0.25) is 9.69 Å². The van der Waals surface area contributed by atoms with Crippen molar-refractivity contribution in [2.24, 2.45) is 0 Å². The Bertz CT molecular complexity index is 469. The molecule has 88 valence electrons. The lowest BCUT2D eigenvalue weighted by molar-refractivity contribution is -0.118. The van der Waals surface area contributed by atoms with Crippen molar-refractivity contribution < 1.29 is 9.18 Å². The van der Waals surface area contributed by atoms with Crippen LogP contribution in [-0.2, 0) is 4.79 Å². The van der Waals surface area contributed by atoms with E-state index in [-0.39, 0.29) is 17.8 Å². The lowest BCUT2D eigenvalue weighted by Gasteiger charge is -2.18. The molecule has 3 nitrogen and oxygen atoms in total. The Morgan fingerprint density at radius 3 is 2.71 bits per heavy atom. The minimum absolute atomic E-state index is 0.00777. The molecule has 1 amide bonds. The number of hydrogen-bond donors (Lipinski definition) is 0. The van der Waals surface area contributed by atoms with Gasteiger partial charge in [-0.25, -0.2) is 4.39 Å². The predicted octanol–water partition coefficient (Wildman–Crippen LogP) is 1.83. The molecule has 0 bridgehead atoms. The lowest BCUT2D eigenvalue weighted by Crippen LogP contribution is -2.32. The van der Waals surface area contributed by atoms with Gasteiger partial charge in [-0.2, -0.15) is 0 Å². The van der Waals surface area contributed by atoms with E-state index in [1.165, 1.54) is 17.0 Å². The summed E-state index contributed by atoms with van der Waals surface area (Å²) in [5.41, 5.74) is 0.640. The summed E-state index contributed by atoms with van der Waals surface area (Å²) in [5.74, 6) is 1.21. The van der Waals surface area contributed by atoms with E-state index >= 15 is 0 Å². The fraction of sp³-hybridized carbons (Fsp3) is 0.273. The number of benzene rings is 1. The monoisotopic (exact) mass is 268 g/mol. The molecule has 17 heavy (non-hydrogen) atoms. The highest BCUT2D eigenvalue weighted by atomic mass is 32.2. The standard InChI is InChI=1S/C11H9FN2OS2/c12-7-1-3-8(4-2-7)14-10(15)9-5-17-6-13(9)11(14)16/h1-4,9H,5-6H2/t9-/m1/s1. The van der Waals surface area contributed by atoms with Gasteiger partial charge in [-0.15, -0.1) is 11.8 Å². The number of amides is 1. The van der Waals surface area contributed by atoms with Crippen molar-refractivity contribution in [3.8, 4) is 0 Å². The van der Waals surface area contributed by atoms with Crippen LogP contribution in [0.15, 0.2) is 24.3 Å². The molecule has 0 N–H and O–H groups in total. The van der Waals surface area contributed by atoms with Crippen LogP contribution < -0.4 is 4.90 Å². The Hall–Kier alpha value is -1.14. The number of nitrogens with zero attached hydrogens (tertiary/aromatic N) is 2. The van der Waals surface area contributed by atoms with Crippen LogP contribution in [0.1, 0.15) is 0 Å². The smallest absolute Gasteiger partial charge is 0.256 e. The fourth-order valence-electron chi connectivity index (χ4n) is 2.04. The zero-order valence-electron chi connectivity index (χ0n) is 8.80. The van der Waals surface area contributed by atoms with Gasteiger partial charge in [0.25, 0.3) is 5.91 Å². The number of hydrogen-bond acceptors (Lipinski definition) is 3. The van der Waals surface area contributed by atoms with Gasteiger partial charge in [0.15, 0.2) is 5.11 Å². The number of halogens is 1. The summed E-state index contributed by atoms with van der Waals surface area (Å²) < 4.78 is 12.8. The van der Waals surface area contributed by atoms with Gasteiger partial charge < -0.3 is 4.90 Å². The number of thioether (sulfide) groups is 1. The summed E-state index contributed by atoms with van der Waals surface area (Å²) >= 11 is 7.00. The second-order valence-corrected chi connectivity index (χ2v) is 5.28. The maximum Gasteiger partial charge on any atom is 0.256 e. The molecule has 0 unspecified atom stereocenters. The minimum atomic E-state index is -0.317. The number of carbonyl (C=O) groups is 1. The van der Waals surface area contributed by atoms with Crippen LogP contribution in [0, 0.1) is 5.82 Å². The highest BCUT2D eigenvalue weighted by Gasteiger charge is 2.45. The molecule has 2 aliphatic heterocycles. The Balaban J connectivity index is 1.96. The van der Waals surface area contributed by atoms with E-state index in [0.717, 1.165) is 11.6 Å². The first-order chi connectivity index (χ1) is 8.18. The summed E-state index contributed by atoms with van der Waals surface area (Å²) in [7, 11) is 0. The average molecular weight is 268 g/mol. The number of fused-ring (bicyclic) bond motifs is 1. The van der Waals surface area contributed by atoms with E-state index in [4.69, 9.17) is 12.2 Å². The molecule has 2 heterocycles. The largest absolute Gasteiger partial charge is 0.326 e. The molecule has 3 rings (SSSR count). The van der Waals surface area contributed by atoms with Crippen molar-refractivity contribution in [2.75, 3.05) is 16.5 Å². The van der Waals surface area contributed by atoms with E-state index in [1.807, 2.05) is 4.90 Å². The molecule has 0 radical (unpaired) electrons. The van der Waals surface area contributed by atoms with Crippen LogP contribution in [0.25, 0.3) is 0 Å². The van der Waals surface area contributed by atoms with Crippen molar-refractivity contribution >= 4 is 40.7 Å². The third-order valence-electron chi connectivity index (χ3n) is 2.91. The first-order valence-corrected chi connectivity index (χ1v) is 6.72. The van der Waals surface area contributed by atoms with E-state index in [9.17, 15) is 9.18 Å². The third-order valence-corrected chi connectivity index (χ3v) is 4.34. The maximum absolute atomic E-state index is 12.8. The first-order valence-electron chi connectivity index (χ1n) is 5.16. The van der Waals surface area contributed by atoms with E-state index in [0.29, 0.717) is 10.8 Å². The third kappa shape index (κ3) is 1.63. The van der Waals surface area contributed by atoms with Crippen LogP contribution >= 0.6 is 24.0 Å². The van der Waals surface area contributed by atoms with Crippen LogP contribution in [-0.4, -0.2) is 33.6 Å². The SMILES string of the molecule is O=C1[C@H]2CSCN2C(=S)N1c1ccc(F)cc1. The molecular weight excluding hydrogens is 259 g/mol.